The van der Waals surface area contributed by atoms with Crippen LogP contribution in [0.5, 0.6) is 0 Å². The summed E-state index contributed by atoms with van der Waals surface area (Å²) in [6.07, 6.45) is 1.89. The molecule has 1 aromatic heterocycles. The number of aliphatic carboxylic acids is 1. The molecular formula is C10H16N2O2S. The molecule has 15 heavy (non-hydrogen) atoms. The Labute approximate surface area is 93.1 Å². The highest BCUT2D eigenvalue weighted by atomic mass is 32.1. The smallest absolute Gasteiger partial charge is 0.306 e. The Bertz CT molecular complexity index is 325. The minimum absolute atomic E-state index is 0.352. The monoisotopic (exact) mass is 228 g/mol. The molecule has 0 amide bonds. The van der Waals surface area contributed by atoms with Gasteiger partial charge < -0.3 is 10.8 Å². The molecule has 0 saturated heterocycles. The van der Waals surface area contributed by atoms with Crippen LogP contribution in [-0.2, 0) is 11.2 Å². The number of rotatable bonds is 6. The van der Waals surface area contributed by atoms with Gasteiger partial charge in [0.1, 0.15) is 0 Å². The Balaban J connectivity index is 2.54. The van der Waals surface area contributed by atoms with Crippen LogP contribution in [0.15, 0.2) is 5.38 Å². The summed E-state index contributed by atoms with van der Waals surface area (Å²) < 4.78 is 0. The molecule has 84 valence electrons. The predicted octanol–water partition coefficient (Wildman–Crippen LogP) is 1.43. The van der Waals surface area contributed by atoms with Crippen LogP contribution in [0, 0.1) is 12.8 Å². The Morgan fingerprint density at radius 1 is 1.73 bits per heavy atom. The van der Waals surface area contributed by atoms with Gasteiger partial charge in [-0.05, 0) is 26.3 Å². The molecule has 1 unspecified atom stereocenters. The van der Waals surface area contributed by atoms with Gasteiger partial charge in [0.25, 0.3) is 0 Å². The maximum absolute atomic E-state index is 11.0. The van der Waals surface area contributed by atoms with Crippen molar-refractivity contribution in [2.75, 3.05) is 6.54 Å². The number of aryl methyl sites for hydroxylation is 1. The normalized spacial score (nSPS) is 12.7. The second-order valence-corrected chi connectivity index (χ2v) is 4.59. The maximum atomic E-state index is 11.0. The summed E-state index contributed by atoms with van der Waals surface area (Å²) in [6, 6.07) is 0. The maximum Gasteiger partial charge on any atom is 0.306 e. The van der Waals surface area contributed by atoms with Gasteiger partial charge in [-0.25, -0.2) is 4.98 Å². The zero-order chi connectivity index (χ0) is 11.3. The van der Waals surface area contributed by atoms with Crippen molar-refractivity contribution in [1.29, 1.82) is 0 Å². The molecule has 3 N–H and O–H groups in total. The summed E-state index contributed by atoms with van der Waals surface area (Å²) in [6.45, 7) is 2.46. The third kappa shape index (κ3) is 3.97. The Morgan fingerprint density at radius 3 is 2.93 bits per heavy atom. The summed E-state index contributed by atoms with van der Waals surface area (Å²) in [7, 11) is 0. The molecule has 4 nitrogen and oxygen atoms in total. The Morgan fingerprint density at radius 2 is 2.47 bits per heavy atom. The molecular weight excluding hydrogens is 212 g/mol. The Kier molecular flexibility index (Phi) is 4.71. The minimum Gasteiger partial charge on any atom is -0.481 e. The molecule has 1 atom stereocenters. The van der Waals surface area contributed by atoms with Gasteiger partial charge in [0.05, 0.1) is 16.6 Å². The molecule has 0 spiro atoms. The molecule has 1 aromatic rings. The van der Waals surface area contributed by atoms with Gasteiger partial charge in [0, 0.05) is 11.8 Å². The lowest BCUT2D eigenvalue weighted by molar-refractivity contribution is -0.142. The molecule has 1 heterocycles. The van der Waals surface area contributed by atoms with Gasteiger partial charge in [-0.15, -0.1) is 11.3 Å². The van der Waals surface area contributed by atoms with E-state index in [1.54, 1.807) is 11.3 Å². The average Bonchev–Trinajstić information content (AvgIpc) is 2.58. The predicted molar refractivity (Wildman–Crippen MR) is 60.0 cm³/mol. The second kappa shape index (κ2) is 5.82. The molecule has 0 aromatic carbocycles. The third-order valence-corrected chi connectivity index (χ3v) is 3.05. The molecule has 0 fully saturated rings. The van der Waals surface area contributed by atoms with Gasteiger partial charge in [-0.3, -0.25) is 4.79 Å². The van der Waals surface area contributed by atoms with E-state index in [2.05, 4.69) is 4.98 Å². The SMILES string of the molecule is Cc1nc(CC(CCCN)C(=O)O)cs1. The lowest BCUT2D eigenvalue weighted by Crippen LogP contribution is -2.18. The first-order chi connectivity index (χ1) is 7.13. The van der Waals surface area contributed by atoms with Gasteiger partial charge in [-0.1, -0.05) is 0 Å². The zero-order valence-electron chi connectivity index (χ0n) is 8.77. The highest BCUT2D eigenvalue weighted by Crippen LogP contribution is 2.16. The first-order valence-corrected chi connectivity index (χ1v) is 5.85. The van der Waals surface area contributed by atoms with Gasteiger partial charge in [0.15, 0.2) is 0 Å². The van der Waals surface area contributed by atoms with Crippen molar-refractivity contribution >= 4 is 17.3 Å². The van der Waals surface area contributed by atoms with Crippen molar-refractivity contribution in [3.8, 4) is 0 Å². The minimum atomic E-state index is -0.755. The second-order valence-electron chi connectivity index (χ2n) is 3.53. The van der Waals surface area contributed by atoms with Crippen molar-refractivity contribution in [3.05, 3.63) is 16.1 Å². The van der Waals surface area contributed by atoms with E-state index in [0.717, 1.165) is 17.1 Å². The Hall–Kier alpha value is -0.940. The molecule has 5 heteroatoms. The summed E-state index contributed by atoms with van der Waals surface area (Å²) in [5.41, 5.74) is 6.24. The van der Waals surface area contributed by atoms with Crippen molar-refractivity contribution < 1.29 is 9.90 Å². The highest BCUT2D eigenvalue weighted by Gasteiger charge is 2.18. The van der Waals surface area contributed by atoms with Crippen LogP contribution >= 0.6 is 11.3 Å². The van der Waals surface area contributed by atoms with Gasteiger partial charge in [-0.2, -0.15) is 0 Å². The van der Waals surface area contributed by atoms with Crippen LogP contribution in [-0.4, -0.2) is 22.6 Å². The quantitative estimate of drug-likeness (QED) is 0.772. The standard InChI is InChI=1S/C10H16N2O2S/c1-7-12-9(6-15-7)5-8(10(13)14)3-2-4-11/h6,8H,2-5,11H2,1H3,(H,13,14). The number of thiazole rings is 1. The fourth-order valence-corrected chi connectivity index (χ4v) is 2.06. The number of hydrogen-bond donors (Lipinski definition) is 2. The van der Waals surface area contributed by atoms with E-state index in [1.165, 1.54) is 0 Å². The molecule has 0 radical (unpaired) electrons. The van der Waals surface area contributed by atoms with E-state index < -0.39 is 5.97 Å². The summed E-state index contributed by atoms with van der Waals surface area (Å²) in [4.78, 5) is 15.2. The van der Waals surface area contributed by atoms with E-state index in [1.807, 2.05) is 12.3 Å². The third-order valence-electron chi connectivity index (χ3n) is 2.23. The number of carbonyl (C=O) groups is 1. The summed E-state index contributed by atoms with van der Waals surface area (Å²) in [5, 5.41) is 11.9. The van der Waals surface area contributed by atoms with Crippen LogP contribution in [0.3, 0.4) is 0 Å². The van der Waals surface area contributed by atoms with Crippen molar-refractivity contribution in [3.63, 3.8) is 0 Å². The molecule has 0 aliphatic carbocycles. The first-order valence-electron chi connectivity index (χ1n) is 4.97. The molecule has 0 aliphatic rings. The van der Waals surface area contributed by atoms with Crippen LogP contribution in [0.25, 0.3) is 0 Å². The van der Waals surface area contributed by atoms with Crippen LogP contribution in [0.1, 0.15) is 23.5 Å². The van der Waals surface area contributed by atoms with E-state index in [9.17, 15) is 4.79 Å². The van der Waals surface area contributed by atoms with Crippen LogP contribution < -0.4 is 5.73 Å². The van der Waals surface area contributed by atoms with E-state index >= 15 is 0 Å². The highest BCUT2D eigenvalue weighted by molar-refractivity contribution is 7.09. The largest absolute Gasteiger partial charge is 0.481 e. The summed E-state index contributed by atoms with van der Waals surface area (Å²) in [5.74, 6) is -1.11. The lowest BCUT2D eigenvalue weighted by Gasteiger charge is -2.09. The van der Waals surface area contributed by atoms with Crippen LogP contribution in [0.4, 0.5) is 0 Å². The topological polar surface area (TPSA) is 76.2 Å². The fourth-order valence-electron chi connectivity index (χ4n) is 1.43. The number of aromatic nitrogens is 1. The number of nitrogens with two attached hydrogens (primary N) is 1. The van der Waals surface area contributed by atoms with Crippen molar-refractivity contribution in [1.82, 2.24) is 4.98 Å². The van der Waals surface area contributed by atoms with Gasteiger partial charge in [0.2, 0.25) is 0 Å². The van der Waals surface area contributed by atoms with E-state index in [-0.39, 0.29) is 5.92 Å². The van der Waals surface area contributed by atoms with E-state index in [0.29, 0.717) is 19.4 Å². The van der Waals surface area contributed by atoms with E-state index in [4.69, 9.17) is 10.8 Å². The number of hydrogen-bond acceptors (Lipinski definition) is 4. The number of carboxylic acid groups (broad SMARTS) is 1. The molecule has 1 rings (SSSR count). The molecule has 0 aliphatic heterocycles. The molecule has 0 bridgehead atoms. The fraction of sp³-hybridized carbons (Fsp3) is 0.600. The average molecular weight is 228 g/mol. The van der Waals surface area contributed by atoms with Crippen molar-refractivity contribution in [2.45, 2.75) is 26.2 Å². The zero-order valence-corrected chi connectivity index (χ0v) is 9.59. The first kappa shape index (κ1) is 12.1. The number of nitrogens with zero attached hydrogens (tertiary/aromatic N) is 1. The molecule has 0 saturated carbocycles. The summed E-state index contributed by atoms with van der Waals surface area (Å²) >= 11 is 1.55. The van der Waals surface area contributed by atoms with Crippen LogP contribution in [0.2, 0.25) is 0 Å². The van der Waals surface area contributed by atoms with Crippen molar-refractivity contribution in [2.24, 2.45) is 11.7 Å². The lowest BCUT2D eigenvalue weighted by atomic mass is 9.98. The van der Waals surface area contributed by atoms with Gasteiger partial charge >= 0.3 is 5.97 Å². The number of carboxylic acids is 1.